The summed E-state index contributed by atoms with van der Waals surface area (Å²) in [5, 5.41) is 17.6. The van der Waals surface area contributed by atoms with E-state index >= 15 is 0 Å². The average Bonchev–Trinajstić information content (AvgIpc) is 2.05. The molecule has 0 saturated heterocycles. The minimum atomic E-state index is -4.84. The number of benzene rings is 1. The van der Waals surface area contributed by atoms with E-state index in [4.69, 9.17) is 10.0 Å². The van der Waals surface area contributed by atoms with Gasteiger partial charge in [-0.15, -0.1) is 25.8 Å². The molecule has 2 N–H and O–H groups in total. The zero-order valence-corrected chi connectivity index (χ0v) is 8.09. The van der Waals surface area contributed by atoms with E-state index in [1.807, 2.05) is 0 Å². The van der Waals surface area contributed by atoms with Crippen molar-refractivity contribution < 1.29 is 28.0 Å². The van der Waals surface area contributed by atoms with Crippen molar-refractivity contribution in [3.05, 3.63) is 18.2 Å². The van der Waals surface area contributed by atoms with E-state index in [0.29, 0.717) is 0 Å². The van der Waals surface area contributed by atoms with Gasteiger partial charge >= 0.3 is 13.5 Å². The maximum Gasteiger partial charge on any atom is 0.573 e. The van der Waals surface area contributed by atoms with Crippen molar-refractivity contribution in [2.75, 3.05) is 0 Å². The molecule has 0 heterocycles. The van der Waals surface area contributed by atoms with Gasteiger partial charge in [0, 0.05) is 4.90 Å². The maximum atomic E-state index is 11.9. The summed E-state index contributed by atoms with van der Waals surface area (Å²) in [7, 11) is -1.89. The van der Waals surface area contributed by atoms with Gasteiger partial charge < -0.3 is 14.8 Å². The van der Waals surface area contributed by atoms with Gasteiger partial charge in [0.1, 0.15) is 5.75 Å². The monoisotopic (exact) mass is 238 g/mol. The largest absolute Gasteiger partial charge is 0.573 e. The average molecular weight is 238 g/mol. The second kappa shape index (κ2) is 4.34. The van der Waals surface area contributed by atoms with Gasteiger partial charge in [-0.25, -0.2) is 0 Å². The third-order valence-electron chi connectivity index (χ3n) is 1.53. The fraction of sp³-hybridized carbons (Fsp3) is 0.143. The number of rotatable bonds is 2. The highest BCUT2D eigenvalue weighted by Gasteiger charge is 2.32. The normalized spacial score (nSPS) is 11.3. The zero-order valence-electron chi connectivity index (χ0n) is 7.19. The van der Waals surface area contributed by atoms with E-state index in [1.54, 1.807) is 0 Å². The van der Waals surface area contributed by atoms with E-state index in [9.17, 15) is 13.2 Å². The summed E-state index contributed by atoms with van der Waals surface area (Å²) in [5.41, 5.74) is -0.153. The smallest absolute Gasteiger partial charge is 0.423 e. The Balaban J connectivity index is 3.05. The van der Waals surface area contributed by atoms with Gasteiger partial charge in [0.05, 0.1) is 0 Å². The molecule has 1 aromatic rings. The Morgan fingerprint density at radius 3 is 2.33 bits per heavy atom. The molecule has 0 aliphatic carbocycles. The van der Waals surface area contributed by atoms with Crippen LogP contribution in [0.1, 0.15) is 0 Å². The second-order valence-electron chi connectivity index (χ2n) is 2.62. The summed E-state index contributed by atoms with van der Waals surface area (Å²) in [6.07, 6.45) is -4.84. The van der Waals surface area contributed by atoms with Gasteiger partial charge in [0.15, 0.2) is 0 Å². The number of ether oxygens (including phenoxy) is 1. The topological polar surface area (TPSA) is 49.7 Å². The van der Waals surface area contributed by atoms with Crippen LogP contribution in [0.25, 0.3) is 0 Å². The van der Waals surface area contributed by atoms with Crippen LogP contribution in [0.4, 0.5) is 13.2 Å². The molecular weight excluding hydrogens is 232 g/mol. The van der Waals surface area contributed by atoms with E-state index in [1.165, 1.54) is 12.1 Å². The van der Waals surface area contributed by atoms with E-state index < -0.39 is 19.2 Å². The first-order valence-electron chi connectivity index (χ1n) is 3.75. The molecule has 0 unspecified atom stereocenters. The van der Waals surface area contributed by atoms with Crippen LogP contribution in [0.5, 0.6) is 5.75 Å². The summed E-state index contributed by atoms with van der Waals surface area (Å²) in [4.78, 5) is -0.259. The van der Waals surface area contributed by atoms with Gasteiger partial charge in [-0.3, -0.25) is 0 Å². The highest BCUT2D eigenvalue weighted by molar-refractivity contribution is 7.80. The van der Waals surface area contributed by atoms with Crippen LogP contribution >= 0.6 is 12.6 Å². The lowest BCUT2D eigenvalue weighted by atomic mass is 9.80. The predicted molar refractivity (Wildman–Crippen MR) is 50.2 cm³/mol. The first-order valence-corrected chi connectivity index (χ1v) is 4.20. The van der Waals surface area contributed by atoms with Crippen molar-refractivity contribution in [2.24, 2.45) is 0 Å². The molecule has 0 aliphatic heterocycles. The standard InChI is InChI=1S/C7H6BF3O3S/c9-7(10,11)14-5-3-1-2-4(6(5)15)8(12)13/h1-3,12-13,15H. The van der Waals surface area contributed by atoms with Crippen LogP contribution < -0.4 is 10.2 Å². The van der Waals surface area contributed by atoms with Crippen LogP contribution in [-0.2, 0) is 0 Å². The summed E-state index contributed by atoms with van der Waals surface area (Å²) >= 11 is 3.72. The maximum absolute atomic E-state index is 11.9. The number of hydrogen-bond donors (Lipinski definition) is 3. The zero-order chi connectivity index (χ0) is 11.6. The van der Waals surface area contributed by atoms with Crippen molar-refractivity contribution in [1.29, 1.82) is 0 Å². The fourth-order valence-electron chi connectivity index (χ4n) is 0.955. The van der Waals surface area contributed by atoms with Crippen molar-refractivity contribution in [3.63, 3.8) is 0 Å². The first-order chi connectivity index (χ1) is 6.81. The first kappa shape index (κ1) is 12.2. The molecule has 0 bridgehead atoms. The molecule has 0 radical (unpaired) electrons. The number of thiol groups is 1. The number of hydrogen-bond acceptors (Lipinski definition) is 4. The Labute approximate surface area is 89.0 Å². The summed E-state index contributed by atoms with van der Waals surface area (Å²) in [6, 6.07) is 3.47. The minimum absolute atomic E-state index is 0.153. The molecule has 0 fully saturated rings. The second-order valence-corrected chi connectivity index (χ2v) is 3.06. The quantitative estimate of drug-likeness (QED) is 0.521. The molecular formula is C7H6BF3O3S. The minimum Gasteiger partial charge on any atom is -0.423 e. The Hall–Kier alpha value is -0.855. The van der Waals surface area contributed by atoms with Crippen molar-refractivity contribution >= 4 is 25.2 Å². The molecule has 15 heavy (non-hydrogen) atoms. The molecule has 1 rings (SSSR count). The highest BCUT2D eigenvalue weighted by Crippen LogP contribution is 2.27. The molecule has 0 aliphatic rings. The molecule has 82 valence electrons. The lowest BCUT2D eigenvalue weighted by Gasteiger charge is -2.12. The van der Waals surface area contributed by atoms with Crippen LogP contribution in [-0.4, -0.2) is 23.5 Å². The van der Waals surface area contributed by atoms with Crippen molar-refractivity contribution in [2.45, 2.75) is 11.3 Å². The Morgan fingerprint density at radius 1 is 1.27 bits per heavy atom. The van der Waals surface area contributed by atoms with Crippen LogP contribution in [0, 0.1) is 0 Å². The summed E-state index contributed by atoms with van der Waals surface area (Å²) in [5.74, 6) is -0.573. The Bertz CT molecular complexity index is 356. The fourth-order valence-corrected chi connectivity index (χ4v) is 1.26. The predicted octanol–water partition coefficient (Wildman–Crippen LogP) is 0.554. The van der Waals surface area contributed by atoms with E-state index in [2.05, 4.69) is 17.4 Å². The molecule has 0 aromatic heterocycles. The molecule has 0 saturated carbocycles. The van der Waals surface area contributed by atoms with Gasteiger partial charge in [-0.05, 0) is 11.5 Å². The van der Waals surface area contributed by atoms with Crippen LogP contribution in [0.15, 0.2) is 23.1 Å². The molecule has 8 heteroatoms. The van der Waals surface area contributed by atoms with Crippen molar-refractivity contribution in [1.82, 2.24) is 0 Å². The highest BCUT2D eigenvalue weighted by atomic mass is 32.1. The number of alkyl halides is 3. The Kier molecular flexibility index (Phi) is 3.53. The third-order valence-corrected chi connectivity index (χ3v) is 2.01. The van der Waals surface area contributed by atoms with E-state index in [0.717, 1.165) is 6.07 Å². The van der Waals surface area contributed by atoms with Gasteiger partial charge in [0.25, 0.3) is 0 Å². The van der Waals surface area contributed by atoms with Crippen LogP contribution in [0.3, 0.4) is 0 Å². The van der Waals surface area contributed by atoms with Crippen LogP contribution in [0.2, 0.25) is 0 Å². The lowest BCUT2D eigenvalue weighted by Crippen LogP contribution is -2.32. The number of halogens is 3. The Morgan fingerprint density at radius 2 is 1.87 bits per heavy atom. The molecule has 0 amide bonds. The van der Waals surface area contributed by atoms with E-state index in [-0.39, 0.29) is 10.4 Å². The van der Waals surface area contributed by atoms with Gasteiger partial charge in [-0.1, -0.05) is 12.1 Å². The summed E-state index contributed by atoms with van der Waals surface area (Å²) < 4.78 is 39.2. The molecule has 1 aromatic carbocycles. The lowest BCUT2D eigenvalue weighted by molar-refractivity contribution is -0.275. The molecule has 3 nitrogen and oxygen atoms in total. The van der Waals surface area contributed by atoms with Gasteiger partial charge in [-0.2, -0.15) is 0 Å². The summed E-state index contributed by atoms with van der Waals surface area (Å²) in [6.45, 7) is 0. The van der Waals surface area contributed by atoms with Gasteiger partial charge in [0.2, 0.25) is 0 Å². The molecule has 0 atom stereocenters. The third kappa shape index (κ3) is 3.33. The molecule has 0 spiro atoms. The van der Waals surface area contributed by atoms with Crippen molar-refractivity contribution in [3.8, 4) is 5.75 Å². The SMILES string of the molecule is OB(O)c1cccc(OC(F)(F)F)c1S.